The zero-order valence-electron chi connectivity index (χ0n) is 15.8. The van der Waals surface area contributed by atoms with E-state index in [1.54, 1.807) is 25.4 Å². The van der Waals surface area contributed by atoms with E-state index in [1.165, 1.54) is 5.56 Å². The molecule has 4 rings (SSSR count). The number of hydrogen-bond acceptors (Lipinski definition) is 5. The molecule has 1 N–H and O–H groups in total. The molecule has 1 aliphatic heterocycles. The van der Waals surface area contributed by atoms with E-state index < -0.39 is 0 Å². The first-order chi connectivity index (χ1) is 13.7. The highest BCUT2D eigenvalue weighted by atomic mass is 16.5. The van der Waals surface area contributed by atoms with E-state index in [9.17, 15) is 4.79 Å². The SMILES string of the molecule is COc1ncccc1NC(=O)N1CCN(Cc2cccc3cccnc23)CC1. The highest BCUT2D eigenvalue weighted by molar-refractivity contribution is 5.90. The van der Waals surface area contributed by atoms with Crippen molar-refractivity contribution in [1.82, 2.24) is 19.8 Å². The van der Waals surface area contributed by atoms with E-state index >= 15 is 0 Å². The quantitative estimate of drug-likeness (QED) is 0.757. The summed E-state index contributed by atoms with van der Waals surface area (Å²) in [5, 5.41) is 4.05. The van der Waals surface area contributed by atoms with Crippen LogP contribution in [0.3, 0.4) is 0 Å². The zero-order chi connectivity index (χ0) is 19.3. The van der Waals surface area contributed by atoms with Gasteiger partial charge in [0.05, 0.1) is 12.6 Å². The molecular formula is C21H23N5O2. The molecule has 0 spiro atoms. The average molecular weight is 377 g/mol. The minimum atomic E-state index is -0.127. The number of carbonyl (C=O) groups excluding carboxylic acids is 1. The molecule has 1 fully saturated rings. The van der Waals surface area contributed by atoms with Crippen molar-refractivity contribution in [2.45, 2.75) is 6.54 Å². The van der Waals surface area contributed by atoms with E-state index in [4.69, 9.17) is 4.74 Å². The van der Waals surface area contributed by atoms with Crippen molar-refractivity contribution in [2.24, 2.45) is 0 Å². The number of aromatic nitrogens is 2. The predicted molar refractivity (Wildman–Crippen MR) is 108 cm³/mol. The molecule has 1 aromatic carbocycles. The van der Waals surface area contributed by atoms with Crippen LogP contribution in [0, 0.1) is 0 Å². The van der Waals surface area contributed by atoms with Crippen LogP contribution in [0.15, 0.2) is 54.9 Å². The second-order valence-electron chi connectivity index (χ2n) is 6.75. The number of urea groups is 1. The second-order valence-corrected chi connectivity index (χ2v) is 6.75. The Bertz CT molecular complexity index is 964. The lowest BCUT2D eigenvalue weighted by molar-refractivity contribution is 0.143. The molecule has 0 radical (unpaired) electrons. The van der Waals surface area contributed by atoms with Gasteiger partial charge in [0, 0.05) is 50.5 Å². The molecule has 2 amide bonds. The van der Waals surface area contributed by atoms with Gasteiger partial charge < -0.3 is 15.0 Å². The van der Waals surface area contributed by atoms with Gasteiger partial charge >= 0.3 is 6.03 Å². The molecule has 0 unspecified atom stereocenters. The number of fused-ring (bicyclic) bond motifs is 1. The molecule has 7 nitrogen and oxygen atoms in total. The van der Waals surface area contributed by atoms with Crippen molar-refractivity contribution in [3.63, 3.8) is 0 Å². The van der Waals surface area contributed by atoms with Crippen LogP contribution in [-0.4, -0.2) is 59.1 Å². The minimum Gasteiger partial charge on any atom is -0.480 e. The van der Waals surface area contributed by atoms with E-state index in [0.717, 1.165) is 30.5 Å². The number of hydrogen-bond donors (Lipinski definition) is 1. The maximum Gasteiger partial charge on any atom is 0.322 e. The Morgan fingerprint density at radius 3 is 2.61 bits per heavy atom. The van der Waals surface area contributed by atoms with Gasteiger partial charge in [0.2, 0.25) is 5.88 Å². The Kier molecular flexibility index (Phi) is 5.34. The summed E-state index contributed by atoms with van der Waals surface area (Å²) in [7, 11) is 1.54. The number of pyridine rings is 2. The summed E-state index contributed by atoms with van der Waals surface area (Å²) in [5.74, 6) is 0.415. The molecule has 7 heteroatoms. The summed E-state index contributed by atoms with van der Waals surface area (Å²) in [6, 6.07) is 13.8. The van der Waals surface area contributed by atoms with E-state index in [0.29, 0.717) is 24.7 Å². The molecule has 3 aromatic rings. The first-order valence-corrected chi connectivity index (χ1v) is 9.34. The third-order valence-electron chi connectivity index (χ3n) is 4.98. The Hall–Kier alpha value is -3.19. The van der Waals surface area contributed by atoms with E-state index in [-0.39, 0.29) is 6.03 Å². The van der Waals surface area contributed by atoms with Crippen LogP contribution in [0.25, 0.3) is 10.9 Å². The van der Waals surface area contributed by atoms with Crippen LogP contribution in [0.4, 0.5) is 10.5 Å². The molecule has 3 heterocycles. The number of nitrogens with zero attached hydrogens (tertiary/aromatic N) is 4. The molecule has 144 valence electrons. The van der Waals surface area contributed by atoms with Gasteiger partial charge in [-0.3, -0.25) is 9.88 Å². The van der Waals surface area contributed by atoms with Gasteiger partial charge in [-0.25, -0.2) is 9.78 Å². The topological polar surface area (TPSA) is 70.6 Å². The van der Waals surface area contributed by atoms with E-state index in [2.05, 4.69) is 44.5 Å². The fourth-order valence-corrected chi connectivity index (χ4v) is 3.49. The number of piperazine rings is 1. The van der Waals surface area contributed by atoms with Crippen molar-refractivity contribution >= 4 is 22.6 Å². The van der Waals surface area contributed by atoms with Crippen LogP contribution >= 0.6 is 0 Å². The third-order valence-corrected chi connectivity index (χ3v) is 4.98. The Morgan fingerprint density at radius 1 is 1.04 bits per heavy atom. The first kappa shape index (κ1) is 18.2. The summed E-state index contributed by atoms with van der Waals surface area (Å²) < 4.78 is 5.19. The van der Waals surface area contributed by atoms with Gasteiger partial charge in [0.1, 0.15) is 5.69 Å². The summed E-state index contributed by atoms with van der Waals surface area (Å²) in [5.41, 5.74) is 2.85. The largest absolute Gasteiger partial charge is 0.480 e. The Labute approximate surface area is 164 Å². The van der Waals surface area contributed by atoms with Crippen LogP contribution in [0.5, 0.6) is 5.88 Å². The van der Waals surface area contributed by atoms with Crippen LogP contribution in [-0.2, 0) is 6.54 Å². The fourth-order valence-electron chi connectivity index (χ4n) is 3.49. The van der Waals surface area contributed by atoms with Crippen molar-refractivity contribution in [3.8, 4) is 5.88 Å². The van der Waals surface area contributed by atoms with Crippen molar-refractivity contribution in [2.75, 3.05) is 38.6 Å². The molecular weight excluding hydrogens is 354 g/mol. The van der Waals surface area contributed by atoms with Gasteiger partial charge in [-0.15, -0.1) is 0 Å². The molecule has 0 bridgehead atoms. The van der Waals surface area contributed by atoms with Crippen molar-refractivity contribution in [3.05, 3.63) is 60.4 Å². The lowest BCUT2D eigenvalue weighted by atomic mass is 10.1. The van der Waals surface area contributed by atoms with Crippen molar-refractivity contribution < 1.29 is 9.53 Å². The molecule has 1 saturated heterocycles. The maximum atomic E-state index is 12.6. The number of nitrogens with one attached hydrogen (secondary N) is 1. The molecule has 1 aliphatic rings. The fraction of sp³-hybridized carbons (Fsp3) is 0.286. The standard InChI is InChI=1S/C21H23N5O2/c1-28-20-18(8-4-10-23-20)24-21(27)26-13-11-25(12-14-26)15-17-6-2-5-16-7-3-9-22-19(16)17/h2-10H,11-15H2,1H3,(H,24,27). The van der Waals surface area contributed by atoms with Gasteiger partial charge in [-0.05, 0) is 23.8 Å². The van der Waals surface area contributed by atoms with Crippen LogP contribution in [0.1, 0.15) is 5.56 Å². The van der Waals surface area contributed by atoms with Crippen molar-refractivity contribution in [1.29, 1.82) is 0 Å². The number of ether oxygens (including phenoxy) is 1. The predicted octanol–water partition coefficient (Wildman–Crippen LogP) is 2.99. The van der Waals surface area contributed by atoms with Crippen LogP contribution < -0.4 is 10.1 Å². The monoisotopic (exact) mass is 377 g/mol. The van der Waals surface area contributed by atoms with Crippen LogP contribution in [0.2, 0.25) is 0 Å². The highest BCUT2D eigenvalue weighted by Gasteiger charge is 2.22. The number of anilines is 1. The van der Waals surface area contributed by atoms with Gasteiger partial charge in [0.15, 0.2) is 0 Å². The summed E-state index contributed by atoms with van der Waals surface area (Å²) >= 11 is 0. The number of benzene rings is 1. The summed E-state index contributed by atoms with van der Waals surface area (Å²) in [4.78, 5) is 25.4. The lowest BCUT2D eigenvalue weighted by Gasteiger charge is -2.34. The zero-order valence-corrected chi connectivity index (χ0v) is 15.8. The molecule has 0 atom stereocenters. The second kappa shape index (κ2) is 8.22. The minimum absolute atomic E-state index is 0.127. The molecule has 0 aliphatic carbocycles. The number of amides is 2. The highest BCUT2D eigenvalue weighted by Crippen LogP contribution is 2.21. The lowest BCUT2D eigenvalue weighted by Crippen LogP contribution is -2.49. The maximum absolute atomic E-state index is 12.6. The number of carbonyl (C=O) groups is 1. The third kappa shape index (κ3) is 3.89. The Balaban J connectivity index is 1.36. The molecule has 28 heavy (non-hydrogen) atoms. The summed E-state index contributed by atoms with van der Waals surface area (Å²) in [6.07, 6.45) is 3.47. The Morgan fingerprint density at radius 2 is 1.79 bits per heavy atom. The average Bonchev–Trinajstić information content (AvgIpc) is 2.75. The van der Waals surface area contributed by atoms with Gasteiger partial charge in [-0.1, -0.05) is 24.3 Å². The van der Waals surface area contributed by atoms with Gasteiger partial charge in [0.25, 0.3) is 0 Å². The first-order valence-electron chi connectivity index (χ1n) is 9.34. The van der Waals surface area contributed by atoms with Gasteiger partial charge in [-0.2, -0.15) is 0 Å². The smallest absolute Gasteiger partial charge is 0.322 e. The summed E-state index contributed by atoms with van der Waals surface area (Å²) in [6.45, 7) is 3.82. The number of para-hydroxylation sites is 1. The molecule has 0 saturated carbocycles. The number of rotatable bonds is 4. The number of methoxy groups -OCH3 is 1. The molecule has 2 aromatic heterocycles. The van der Waals surface area contributed by atoms with E-state index in [1.807, 2.05) is 17.2 Å². The normalized spacial score (nSPS) is 14.8.